The molecule has 0 spiro atoms. The first-order valence-corrected chi connectivity index (χ1v) is 24.9. The molecule has 0 amide bonds. The van der Waals surface area contributed by atoms with Crippen LogP contribution in [0.3, 0.4) is 0 Å². The summed E-state index contributed by atoms with van der Waals surface area (Å²) in [6, 6.07) is 0. The predicted molar refractivity (Wildman–Crippen MR) is 219 cm³/mol. The molecule has 5 rings (SSSR count). The van der Waals surface area contributed by atoms with E-state index in [9.17, 15) is 29.7 Å². The average Bonchev–Trinajstić information content (AvgIpc) is 3.74. The standard InChI is InChI=1S/C45H83O9P/c1-5-6-7-8-9-10-11-12-13-14-15-16-17-18-24-52-31-40-39(23-26-54-40)53-25-19-20-32(2)35-21-22-36-43-37(30-41(48)45(35,36)4)44(3)33(28-38(43)47)27-34(46)29-42(44)55(49,50)51/h32-43,46-48H,5-31H2,1-4H3,(H2,49,50,51)/t32-,33+,34+,35-,36+,37+,38-,39+,40+,41+,42?,43+,44+,45-/m1/s1. The lowest BCUT2D eigenvalue weighted by Gasteiger charge is -2.65. The Hall–Kier alpha value is -0.0900. The largest absolute Gasteiger partial charge is 0.393 e. The Morgan fingerprint density at radius 3 is 2.02 bits per heavy atom. The van der Waals surface area contributed by atoms with Crippen molar-refractivity contribution in [1.29, 1.82) is 0 Å². The van der Waals surface area contributed by atoms with Crippen LogP contribution in [0.1, 0.15) is 175 Å². The van der Waals surface area contributed by atoms with Crippen LogP contribution in [-0.2, 0) is 18.8 Å². The normalized spacial score (nSPS) is 39.5. The van der Waals surface area contributed by atoms with Gasteiger partial charge in [0.1, 0.15) is 6.10 Å². The van der Waals surface area contributed by atoms with Gasteiger partial charge in [0, 0.05) is 19.8 Å². The summed E-state index contributed by atoms with van der Waals surface area (Å²) in [5.41, 5.74) is -2.04. The van der Waals surface area contributed by atoms with E-state index in [4.69, 9.17) is 14.2 Å². The summed E-state index contributed by atoms with van der Waals surface area (Å²) in [6.45, 7) is 11.6. The minimum absolute atomic E-state index is 0.00452. The molecule has 1 aliphatic heterocycles. The lowest BCUT2D eigenvalue weighted by Crippen LogP contribution is -2.65. The molecule has 1 heterocycles. The first kappa shape index (κ1) is 46.0. The van der Waals surface area contributed by atoms with E-state index >= 15 is 0 Å². The maximum Gasteiger partial charge on any atom is 0.329 e. The van der Waals surface area contributed by atoms with Crippen LogP contribution in [0.2, 0.25) is 0 Å². The maximum absolute atomic E-state index is 12.9. The molecule has 10 heteroatoms. The summed E-state index contributed by atoms with van der Waals surface area (Å²) >= 11 is 0. The Kier molecular flexibility index (Phi) is 17.9. The summed E-state index contributed by atoms with van der Waals surface area (Å²) in [4.78, 5) is 21.0. The highest BCUT2D eigenvalue weighted by molar-refractivity contribution is 7.52. The highest BCUT2D eigenvalue weighted by Crippen LogP contribution is 2.71. The molecule has 5 N–H and O–H groups in total. The molecule has 0 bridgehead atoms. The zero-order chi connectivity index (χ0) is 39.6. The third-order valence-electron chi connectivity index (χ3n) is 16.2. The van der Waals surface area contributed by atoms with Gasteiger partial charge in [-0.1, -0.05) is 111 Å². The number of ether oxygens (including phenoxy) is 3. The van der Waals surface area contributed by atoms with Gasteiger partial charge >= 0.3 is 7.60 Å². The van der Waals surface area contributed by atoms with Gasteiger partial charge in [0.2, 0.25) is 0 Å². The van der Waals surface area contributed by atoms with Crippen molar-refractivity contribution in [1.82, 2.24) is 0 Å². The second-order valence-electron chi connectivity index (χ2n) is 19.6. The van der Waals surface area contributed by atoms with Crippen molar-refractivity contribution in [3.05, 3.63) is 0 Å². The Balaban J connectivity index is 0.982. The van der Waals surface area contributed by atoms with E-state index in [2.05, 4.69) is 20.8 Å². The Morgan fingerprint density at radius 2 is 1.38 bits per heavy atom. The molecule has 55 heavy (non-hydrogen) atoms. The molecule has 0 aromatic heterocycles. The molecule has 1 saturated heterocycles. The molecular formula is C45H83O9P. The van der Waals surface area contributed by atoms with E-state index in [1.807, 2.05) is 6.92 Å². The fraction of sp³-hybridized carbons (Fsp3) is 1.00. The van der Waals surface area contributed by atoms with E-state index in [1.54, 1.807) is 0 Å². The number of aliphatic hydroxyl groups excluding tert-OH is 3. The van der Waals surface area contributed by atoms with Crippen LogP contribution in [-0.4, -0.2) is 87.7 Å². The quantitative estimate of drug-likeness (QED) is 0.0477. The molecule has 14 atom stereocenters. The number of fused-ring (bicyclic) bond motifs is 5. The molecule has 0 aromatic rings. The molecule has 5 aliphatic rings. The lowest BCUT2D eigenvalue weighted by atomic mass is 9.43. The molecule has 4 aliphatic carbocycles. The Morgan fingerprint density at radius 1 is 0.745 bits per heavy atom. The first-order chi connectivity index (χ1) is 26.3. The van der Waals surface area contributed by atoms with Gasteiger partial charge in [-0.05, 0) is 111 Å². The van der Waals surface area contributed by atoms with Gasteiger partial charge in [0.25, 0.3) is 0 Å². The van der Waals surface area contributed by atoms with Crippen molar-refractivity contribution >= 4 is 7.60 Å². The van der Waals surface area contributed by atoms with Crippen LogP contribution in [0.25, 0.3) is 0 Å². The van der Waals surface area contributed by atoms with E-state index in [0.717, 1.165) is 51.7 Å². The fourth-order valence-electron chi connectivity index (χ4n) is 13.1. The summed E-state index contributed by atoms with van der Waals surface area (Å²) in [5.74, 6) is 0.321. The molecule has 4 saturated carbocycles. The average molecular weight is 799 g/mol. The van der Waals surface area contributed by atoms with Crippen LogP contribution in [0.15, 0.2) is 0 Å². The molecular weight excluding hydrogens is 715 g/mol. The molecule has 9 nitrogen and oxygen atoms in total. The monoisotopic (exact) mass is 799 g/mol. The van der Waals surface area contributed by atoms with Crippen molar-refractivity contribution in [3.63, 3.8) is 0 Å². The highest BCUT2D eigenvalue weighted by atomic mass is 31.2. The van der Waals surface area contributed by atoms with Gasteiger partial charge in [0.05, 0.1) is 36.7 Å². The smallest absolute Gasteiger partial charge is 0.329 e. The van der Waals surface area contributed by atoms with Crippen molar-refractivity contribution < 1.29 is 43.9 Å². The van der Waals surface area contributed by atoms with Crippen LogP contribution in [0, 0.1) is 46.3 Å². The van der Waals surface area contributed by atoms with Crippen molar-refractivity contribution in [2.24, 2.45) is 46.3 Å². The zero-order valence-electron chi connectivity index (χ0n) is 35.3. The third-order valence-corrected chi connectivity index (χ3v) is 17.8. The van der Waals surface area contributed by atoms with E-state index in [-0.39, 0.29) is 47.7 Å². The van der Waals surface area contributed by atoms with Gasteiger partial charge in [-0.15, -0.1) is 0 Å². The predicted octanol–water partition coefficient (Wildman–Crippen LogP) is 9.19. The number of hydrogen-bond donors (Lipinski definition) is 5. The van der Waals surface area contributed by atoms with Gasteiger partial charge in [0.15, 0.2) is 0 Å². The van der Waals surface area contributed by atoms with Crippen LogP contribution >= 0.6 is 7.60 Å². The van der Waals surface area contributed by atoms with Crippen molar-refractivity contribution in [2.45, 2.75) is 212 Å². The zero-order valence-corrected chi connectivity index (χ0v) is 36.2. The van der Waals surface area contributed by atoms with E-state index in [0.29, 0.717) is 44.3 Å². The molecule has 0 radical (unpaired) electrons. The number of hydrogen-bond acceptors (Lipinski definition) is 7. The SMILES string of the molecule is CCCCCCCCCCCCCCCCOC[C@@H]1OCC[C@@H]1OCCC[C@@H](C)[C@H]1CC[C@H]2[C@@H]3[C@H](O)C[C@@H]4C[C@H](O)CC(P(=O)(O)O)[C@]4(C)[C@H]3C[C@H](O)[C@]12C. The third kappa shape index (κ3) is 11.2. The summed E-state index contributed by atoms with van der Waals surface area (Å²) < 4.78 is 31.3. The van der Waals surface area contributed by atoms with Gasteiger partial charge in [-0.3, -0.25) is 4.57 Å². The van der Waals surface area contributed by atoms with E-state index in [1.165, 1.54) is 83.5 Å². The lowest BCUT2D eigenvalue weighted by molar-refractivity contribution is -0.206. The fourth-order valence-corrected chi connectivity index (χ4v) is 14.8. The maximum atomic E-state index is 12.9. The number of aliphatic hydroxyl groups is 3. The Labute approximate surface area is 335 Å². The second-order valence-corrected chi connectivity index (χ2v) is 21.4. The van der Waals surface area contributed by atoms with Gasteiger partial charge < -0.3 is 39.3 Å². The minimum atomic E-state index is -4.51. The first-order valence-electron chi connectivity index (χ1n) is 23.2. The van der Waals surface area contributed by atoms with E-state index < -0.39 is 37.0 Å². The van der Waals surface area contributed by atoms with Crippen molar-refractivity contribution in [3.8, 4) is 0 Å². The van der Waals surface area contributed by atoms with Crippen LogP contribution in [0.4, 0.5) is 0 Å². The number of rotatable bonds is 24. The molecule has 1 unspecified atom stereocenters. The topological polar surface area (TPSA) is 146 Å². The Bertz CT molecular complexity index is 1170. The van der Waals surface area contributed by atoms with Crippen LogP contribution < -0.4 is 0 Å². The summed E-state index contributed by atoms with van der Waals surface area (Å²) in [6.07, 6.45) is 23.3. The minimum Gasteiger partial charge on any atom is -0.393 e. The molecule has 322 valence electrons. The molecule has 5 fully saturated rings. The summed E-state index contributed by atoms with van der Waals surface area (Å²) in [5, 5.41) is 34.3. The number of unbranched alkanes of at least 4 members (excludes halogenated alkanes) is 13. The second kappa shape index (κ2) is 21.4. The van der Waals surface area contributed by atoms with Gasteiger partial charge in [-0.2, -0.15) is 0 Å². The van der Waals surface area contributed by atoms with Crippen LogP contribution in [0.5, 0.6) is 0 Å². The van der Waals surface area contributed by atoms with Gasteiger partial charge in [-0.25, -0.2) is 0 Å². The highest BCUT2D eigenvalue weighted by Gasteiger charge is 2.69. The van der Waals surface area contributed by atoms with Crippen molar-refractivity contribution in [2.75, 3.05) is 26.4 Å². The molecule has 0 aromatic carbocycles. The summed E-state index contributed by atoms with van der Waals surface area (Å²) in [7, 11) is -4.51.